The molecular formula is C7H13NO. The molecule has 0 aromatic carbocycles. The minimum Gasteiger partial charge on any atom is -0.151 e. The molecule has 0 saturated heterocycles. The van der Waals surface area contributed by atoms with Crippen LogP contribution in [0.1, 0.15) is 13.8 Å². The summed E-state index contributed by atoms with van der Waals surface area (Å²) in [6.07, 6.45) is 1.78. The summed E-state index contributed by atoms with van der Waals surface area (Å²) in [7, 11) is 0. The van der Waals surface area contributed by atoms with E-state index in [1.54, 1.807) is 6.08 Å². The molecule has 9 heavy (non-hydrogen) atoms. The third kappa shape index (κ3) is 3.01. The van der Waals surface area contributed by atoms with Gasteiger partial charge in [-0.15, -0.1) is 6.58 Å². The fraction of sp³-hybridized carbons (Fsp3) is 0.714. The van der Waals surface area contributed by atoms with Gasteiger partial charge in [0.15, 0.2) is 0 Å². The van der Waals surface area contributed by atoms with Gasteiger partial charge in [-0.3, -0.25) is 0 Å². The van der Waals surface area contributed by atoms with Crippen LogP contribution in [0.3, 0.4) is 0 Å². The largest absolute Gasteiger partial charge is 0.151 e. The summed E-state index contributed by atoms with van der Waals surface area (Å²) >= 11 is 0. The fourth-order valence-electron chi connectivity index (χ4n) is 0.644. The standard InChI is InChI=1S/C7H13NO/c1-4-7(5-8-9)6(2)3/h4,6-7H,1,5H2,2-3H3. The highest BCUT2D eigenvalue weighted by atomic mass is 16.3. The van der Waals surface area contributed by atoms with Crippen LogP contribution in [0, 0.1) is 16.7 Å². The Kier molecular flexibility index (Phi) is 3.93. The van der Waals surface area contributed by atoms with Gasteiger partial charge in [0.1, 0.15) is 0 Å². The second-order valence-corrected chi connectivity index (χ2v) is 2.46. The molecule has 1 unspecified atom stereocenters. The molecule has 0 aliphatic heterocycles. The van der Waals surface area contributed by atoms with Gasteiger partial charge in [0, 0.05) is 5.92 Å². The number of rotatable bonds is 4. The lowest BCUT2D eigenvalue weighted by molar-refractivity contribution is 0.476. The van der Waals surface area contributed by atoms with E-state index in [0.29, 0.717) is 12.5 Å². The van der Waals surface area contributed by atoms with Crippen molar-refractivity contribution in [3.05, 3.63) is 17.6 Å². The Bertz CT molecular complexity index is 99.1. The van der Waals surface area contributed by atoms with Crippen LogP contribution in [0.2, 0.25) is 0 Å². The predicted octanol–water partition coefficient (Wildman–Crippen LogP) is 2.21. The summed E-state index contributed by atoms with van der Waals surface area (Å²) in [5, 5.41) is 2.81. The third-order valence-electron chi connectivity index (χ3n) is 1.44. The first kappa shape index (κ1) is 8.34. The lowest BCUT2D eigenvalue weighted by atomic mass is 9.97. The van der Waals surface area contributed by atoms with Gasteiger partial charge in [0.25, 0.3) is 0 Å². The second-order valence-electron chi connectivity index (χ2n) is 2.46. The van der Waals surface area contributed by atoms with Gasteiger partial charge in [-0.25, -0.2) is 0 Å². The molecule has 0 fully saturated rings. The lowest BCUT2D eigenvalue weighted by Crippen LogP contribution is -2.07. The smallest absolute Gasteiger partial charge is 0.0876 e. The molecule has 0 aromatic rings. The average molecular weight is 127 g/mol. The monoisotopic (exact) mass is 127 g/mol. The first-order valence-electron chi connectivity index (χ1n) is 3.14. The Morgan fingerprint density at radius 3 is 2.33 bits per heavy atom. The first-order valence-corrected chi connectivity index (χ1v) is 3.14. The van der Waals surface area contributed by atoms with Crippen molar-refractivity contribution in [1.29, 1.82) is 0 Å². The SMILES string of the molecule is C=CC(CN=O)C(C)C. The fourth-order valence-corrected chi connectivity index (χ4v) is 0.644. The summed E-state index contributed by atoms with van der Waals surface area (Å²) in [5.74, 6) is 0.725. The van der Waals surface area contributed by atoms with Crippen molar-refractivity contribution in [3.8, 4) is 0 Å². The van der Waals surface area contributed by atoms with Crippen LogP contribution in [-0.4, -0.2) is 6.54 Å². The molecule has 0 rings (SSSR count). The number of nitrogens with zero attached hydrogens (tertiary/aromatic N) is 1. The first-order chi connectivity index (χ1) is 4.22. The van der Waals surface area contributed by atoms with Crippen molar-refractivity contribution >= 4 is 0 Å². The van der Waals surface area contributed by atoms with Gasteiger partial charge in [0.05, 0.1) is 6.54 Å². The van der Waals surface area contributed by atoms with Crippen LogP contribution in [0.5, 0.6) is 0 Å². The van der Waals surface area contributed by atoms with Crippen molar-refractivity contribution in [2.75, 3.05) is 6.54 Å². The molecule has 0 aliphatic rings. The maximum absolute atomic E-state index is 9.78. The zero-order valence-electron chi connectivity index (χ0n) is 6.00. The zero-order valence-corrected chi connectivity index (χ0v) is 6.00. The van der Waals surface area contributed by atoms with Crippen molar-refractivity contribution in [2.24, 2.45) is 17.0 Å². The molecule has 0 saturated carbocycles. The molecule has 52 valence electrons. The highest BCUT2D eigenvalue weighted by Crippen LogP contribution is 2.11. The molecule has 0 radical (unpaired) electrons. The van der Waals surface area contributed by atoms with Crippen LogP contribution >= 0.6 is 0 Å². The molecule has 0 heterocycles. The van der Waals surface area contributed by atoms with Gasteiger partial charge >= 0.3 is 0 Å². The Morgan fingerprint density at radius 2 is 2.22 bits per heavy atom. The Labute approximate surface area is 55.9 Å². The molecule has 0 spiro atoms. The molecule has 0 bridgehead atoms. The van der Waals surface area contributed by atoms with E-state index in [1.807, 2.05) is 0 Å². The van der Waals surface area contributed by atoms with Gasteiger partial charge in [-0.1, -0.05) is 25.1 Å². The summed E-state index contributed by atoms with van der Waals surface area (Å²) in [5.41, 5.74) is 0. The van der Waals surface area contributed by atoms with Gasteiger partial charge in [-0.2, -0.15) is 4.91 Å². The molecule has 2 nitrogen and oxygen atoms in total. The van der Waals surface area contributed by atoms with Crippen LogP contribution in [0.4, 0.5) is 0 Å². The van der Waals surface area contributed by atoms with E-state index in [2.05, 4.69) is 25.6 Å². The minimum atomic E-state index is 0.252. The van der Waals surface area contributed by atoms with E-state index in [1.165, 1.54) is 0 Å². The van der Waals surface area contributed by atoms with E-state index >= 15 is 0 Å². The van der Waals surface area contributed by atoms with E-state index in [4.69, 9.17) is 0 Å². The van der Waals surface area contributed by atoms with Crippen LogP contribution in [0.25, 0.3) is 0 Å². The minimum absolute atomic E-state index is 0.252. The van der Waals surface area contributed by atoms with Crippen LogP contribution < -0.4 is 0 Å². The van der Waals surface area contributed by atoms with Crippen molar-refractivity contribution in [1.82, 2.24) is 0 Å². The molecule has 0 aromatic heterocycles. The number of hydrogen-bond acceptors (Lipinski definition) is 2. The molecule has 0 amide bonds. The zero-order chi connectivity index (χ0) is 7.28. The Hall–Kier alpha value is -0.660. The van der Waals surface area contributed by atoms with Crippen molar-refractivity contribution < 1.29 is 0 Å². The second kappa shape index (κ2) is 4.24. The van der Waals surface area contributed by atoms with Crippen molar-refractivity contribution in [3.63, 3.8) is 0 Å². The van der Waals surface area contributed by atoms with Crippen LogP contribution in [0.15, 0.2) is 17.8 Å². The van der Waals surface area contributed by atoms with Gasteiger partial charge < -0.3 is 0 Å². The third-order valence-corrected chi connectivity index (χ3v) is 1.44. The van der Waals surface area contributed by atoms with E-state index in [-0.39, 0.29) is 5.92 Å². The molecular weight excluding hydrogens is 114 g/mol. The summed E-state index contributed by atoms with van der Waals surface area (Å²) in [4.78, 5) is 9.78. The predicted molar refractivity (Wildman–Crippen MR) is 39.2 cm³/mol. The normalized spacial score (nSPS) is 13.2. The highest BCUT2D eigenvalue weighted by Gasteiger charge is 2.07. The highest BCUT2D eigenvalue weighted by molar-refractivity contribution is 4.82. The van der Waals surface area contributed by atoms with Crippen molar-refractivity contribution in [2.45, 2.75) is 13.8 Å². The average Bonchev–Trinajstić information content (AvgIpc) is 1.82. The number of hydrogen-bond donors (Lipinski definition) is 0. The summed E-state index contributed by atoms with van der Waals surface area (Å²) in [6.45, 7) is 8.07. The van der Waals surface area contributed by atoms with Gasteiger partial charge in [-0.05, 0) is 5.92 Å². The quantitative estimate of drug-likeness (QED) is 0.420. The summed E-state index contributed by atoms with van der Waals surface area (Å²) in [6, 6.07) is 0. The topological polar surface area (TPSA) is 29.4 Å². The van der Waals surface area contributed by atoms with Gasteiger partial charge in [0.2, 0.25) is 0 Å². The maximum atomic E-state index is 9.78. The van der Waals surface area contributed by atoms with E-state index in [9.17, 15) is 4.91 Å². The number of nitroso groups, excluding NO2 is 1. The molecule has 0 N–H and O–H groups in total. The summed E-state index contributed by atoms with van der Waals surface area (Å²) < 4.78 is 0. The Morgan fingerprint density at radius 1 is 1.67 bits per heavy atom. The molecule has 2 heteroatoms. The molecule has 0 aliphatic carbocycles. The van der Waals surface area contributed by atoms with E-state index in [0.717, 1.165) is 0 Å². The maximum Gasteiger partial charge on any atom is 0.0876 e. The Balaban J connectivity index is 3.66. The molecule has 1 atom stereocenters. The van der Waals surface area contributed by atoms with Crippen LogP contribution in [-0.2, 0) is 0 Å². The van der Waals surface area contributed by atoms with E-state index < -0.39 is 0 Å². The lowest BCUT2D eigenvalue weighted by Gasteiger charge is -2.10.